The molecule has 2 aromatic rings. The molecule has 5 nitrogen and oxygen atoms in total. The summed E-state index contributed by atoms with van der Waals surface area (Å²) < 4.78 is 0. The van der Waals surface area contributed by atoms with Crippen LogP contribution < -0.4 is 16.0 Å². The fourth-order valence-electron chi connectivity index (χ4n) is 2.69. The van der Waals surface area contributed by atoms with E-state index in [1.54, 1.807) is 24.3 Å². The van der Waals surface area contributed by atoms with Gasteiger partial charge in [-0.3, -0.25) is 9.59 Å². The smallest absolute Gasteiger partial charge is 0.251 e. The molecular weight excluding hydrogens is 326 g/mol. The second-order valence-electron chi connectivity index (χ2n) is 6.51. The monoisotopic (exact) mass is 353 g/mol. The molecule has 1 unspecified atom stereocenters. The van der Waals surface area contributed by atoms with Crippen molar-refractivity contribution in [3.8, 4) is 0 Å². The molecule has 3 N–H and O–H groups in total. The van der Waals surface area contributed by atoms with Crippen LogP contribution in [0.5, 0.6) is 0 Å². The average Bonchev–Trinajstić information content (AvgIpc) is 2.63. The van der Waals surface area contributed by atoms with Gasteiger partial charge in [-0.2, -0.15) is 0 Å². The molecular formula is C21H27N3O2. The van der Waals surface area contributed by atoms with E-state index < -0.39 is 0 Å². The molecule has 0 aliphatic rings. The number of carbonyl (C=O) groups is 2. The standard InChI is InChI=1S/C21H27N3O2/c1-4-19(16-9-6-5-7-10-16)22-14-20(25)24-18-12-8-11-17(13-18)21(26)23-15(2)3/h5-13,15,19,22H,4,14H2,1-3H3,(H,23,26)(H,24,25). The van der Waals surface area contributed by atoms with Gasteiger partial charge in [0.1, 0.15) is 0 Å². The predicted octanol–water partition coefficient (Wildman–Crippen LogP) is 3.50. The normalized spacial score (nSPS) is 11.8. The molecule has 2 aromatic carbocycles. The van der Waals surface area contributed by atoms with Crippen molar-refractivity contribution >= 4 is 17.5 Å². The fraction of sp³-hybridized carbons (Fsp3) is 0.333. The number of hydrogen-bond acceptors (Lipinski definition) is 3. The van der Waals surface area contributed by atoms with Gasteiger partial charge in [-0.15, -0.1) is 0 Å². The number of carbonyl (C=O) groups excluding carboxylic acids is 2. The minimum Gasteiger partial charge on any atom is -0.350 e. The summed E-state index contributed by atoms with van der Waals surface area (Å²) in [6.07, 6.45) is 0.891. The van der Waals surface area contributed by atoms with Crippen LogP contribution in [-0.4, -0.2) is 24.4 Å². The maximum atomic E-state index is 12.2. The Hall–Kier alpha value is -2.66. The lowest BCUT2D eigenvalue weighted by atomic mass is 10.0. The highest BCUT2D eigenvalue weighted by atomic mass is 16.2. The highest BCUT2D eigenvalue weighted by molar-refractivity contribution is 5.97. The number of amides is 2. The van der Waals surface area contributed by atoms with Crippen molar-refractivity contribution in [2.75, 3.05) is 11.9 Å². The van der Waals surface area contributed by atoms with Gasteiger partial charge in [0.25, 0.3) is 5.91 Å². The number of benzene rings is 2. The maximum absolute atomic E-state index is 12.2. The lowest BCUT2D eigenvalue weighted by molar-refractivity contribution is -0.115. The summed E-state index contributed by atoms with van der Waals surface area (Å²) in [6.45, 7) is 6.10. The highest BCUT2D eigenvalue weighted by Gasteiger charge is 2.12. The highest BCUT2D eigenvalue weighted by Crippen LogP contribution is 2.16. The Labute approximate surface area is 155 Å². The van der Waals surface area contributed by atoms with Crippen molar-refractivity contribution in [1.82, 2.24) is 10.6 Å². The van der Waals surface area contributed by atoms with Crippen molar-refractivity contribution < 1.29 is 9.59 Å². The third-order valence-corrected chi connectivity index (χ3v) is 3.95. The summed E-state index contributed by atoms with van der Waals surface area (Å²) in [5, 5.41) is 8.96. The van der Waals surface area contributed by atoms with E-state index in [1.807, 2.05) is 32.0 Å². The van der Waals surface area contributed by atoms with Crippen molar-refractivity contribution in [3.63, 3.8) is 0 Å². The van der Waals surface area contributed by atoms with Crippen molar-refractivity contribution in [2.45, 2.75) is 39.3 Å². The minimum absolute atomic E-state index is 0.0638. The summed E-state index contributed by atoms with van der Waals surface area (Å²) in [6, 6.07) is 17.2. The van der Waals surface area contributed by atoms with Crippen molar-refractivity contribution in [2.24, 2.45) is 0 Å². The quantitative estimate of drug-likeness (QED) is 0.680. The maximum Gasteiger partial charge on any atom is 0.251 e. The van der Waals surface area contributed by atoms with E-state index >= 15 is 0 Å². The molecule has 0 fully saturated rings. The Morgan fingerprint density at radius 1 is 1.00 bits per heavy atom. The molecule has 26 heavy (non-hydrogen) atoms. The minimum atomic E-state index is -0.149. The van der Waals surface area contributed by atoms with Crippen LogP contribution in [0, 0.1) is 0 Å². The fourth-order valence-corrected chi connectivity index (χ4v) is 2.69. The number of anilines is 1. The molecule has 0 aliphatic carbocycles. The third-order valence-electron chi connectivity index (χ3n) is 3.95. The molecule has 0 saturated heterocycles. The zero-order chi connectivity index (χ0) is 18.9. The van der Waals surface area contributed by atoms with Crippen LogP contribution in [0.25, 0.3) is 0 Å². The Kier molecular flexibility index (Phi) is 7.36. The van der Waals surface area contributed by atoms with Gasteiger partial charge in [0.05, 0.1) is 6.54 Å². The van der Waals surface area contributed by atoms with E-state index in [4.69, 9.17) is 0 Å². The van der Waals surface area contributed by atoms with Gasteiger partial charge in [0, 0.05) is 23.3 Å². The zero-order valence-electron chi connectivity index (χ0n) is 15.6. The van der Waals surface area contributed by atoms with Crippen LogP contribution in [0.4, 0.5) is 5.69 Å². The topological polar surface area (TPSA) is 70.2 Å². The molecule has 2 amide bonds. The second-order valence-corrected chi connectivity index (χ2v) is 6.51. The van der Waals surface area contributed by atoms with E-state index in [1.165, 1.54) is 0 Å². The van der Waals surface area contributed by atoms with E-state index in [-0.39, 0.29) is 30.4 Å². The molecule has 0 aliphatic heterocycles. The Morgan fingerprint density at radius 3 is 2.38 bits per heavy atom. The van der Waals surface area contributed by atoms with E-state index in [9.17, 15) is 9.59 Å². The molecule has 0 spiro atoms. The summed E-state index contributed by atoms with van der Waals surface area (Å²) in [7, 11) is 0. The molecule has 0 radical (unpaired) electrons. The number of nitrogens with one attached hydrogen (secondary N) is 3. The largest absolute Gasteiger partial charge is 0.350 e. The molecule has 1 atom stereocenters. The summed E-state index contributed by atoms with van der Waals surface area (Å²) in [5.74, 6) is -0.287. The van der Waals surface area contributed by atoms with Crippen LogP contribution in [0.3, 0.4) is 0 Å². The first-order valence-electron chi connectivity index (χ1n) is 8.98. The second kappa shape index (κ2) is 9.73. The van der Waals surface area contributed by atoms with Gasteiger partial charge in [-0.05, 0) is 44.0 Å². The third kappa shape index (κ3) is 6.01. The van der Waals surface area contributed by atoms with Crippen molar-refractivity contribution in [1.29, 1.82) is 0 Å². The van der Waals surface area contributed by atoms with Gasteiger partial charge in [-0.1, -0.05) is 43.3 Å². The average molecular weight is 353 g/mol. The molecule has 5 heteroatoms. The number of rotatable bonds is 8. The molecule has 0 bridgehead atoms. The van der Waals surface area contributed by atoms with Crippen LogP contribution in [0.2, 0.25) is 0 Å². The van der Waals surface area contributed by atoms with Gasteiger partial charge >= 0.3 is 0 Å². The van der Waals surface area contributed by atoms with Gasteiger partial charge in [-0.25, -0.2) is 0 Å². The first kappa shape index (κ1) is 19.7. The van der Waals surface area contributed by atoms with Gasteiger partial charge < -0.3 is 16.0 Å². The lowest BCUT2D eigenvalue weighted by Gasteiger charge is -2.17. The zero-order valence-corrected chi connectivity index (χ0v) is 15.6. The van der Waals surface area contributed by atoms with Crippen LogP contribution in [0.15, 0.2) is 54.6 Å². The van der Waals surface area contributed by atoms with Crippen molar-refractivity contribution in [3.05, 3.63) is 65.7 Å². The van der Waals surface area contributed by atoms with E-state index in [0.717, 1.165) is 12.0 Å². The first-order chi connectivity index (χ1) is 12.5. The lowest BCUT2D eigenvalue weighted by Crippen LogP contribution is -2.31. The van der Waals surface area contributed by atoms with Gasteiger partial charge in [0.15, 0.2) is 0 Å². The van der Waals surface area contributed by atoms with E-state index in [2.05, 4.69) is 35.0 Å². The van der Waals surface area contributed by atoms with Crippen LogP contribution in [0.1, 0.15) is 49.2 Å². The summed E-state index contributed by atoms with van der Waals surface area (Å²) in [5.41, 5.74) is 2.30. The Bertz CT molecular complexity index is 729. The molecule has 0 saturated carbocycles. The molecule has 0 heterocycles. The Morgan fingerprint density at radius 2 is 1.73 bits per heavy atom. The van der Waals surface area contributed by atoms with Crippen LogP contribution >= 0.6 is 0 Å². The first-order valence-corrected chi connectivity index (χ1v) is 8.98. The van der Waals surface area contributed by atoms with Crippen LogP contribution in [-0.2, 0) is 4.79 Å². The number of hydrogen-bond donors (Lipinski definition) is 3. The van der Waals surface area contributed by atoms with Gasteiger partial charge in [0.2, 0.25) is 5.91 Å². The predicted molar refractivity (Wildman–Crippen MR) is 105 cm³/mol. The molecule has 0 aromatic heterocycles. The Balaban J connectivity index is 1.92. The SMILES string of the molecule is CCC(NCC(=O)Nc1cccc(C(=O)NC(C)C)c1)c1ccccc1. The summed E-state index contributed by atoms with van der Waals surface area (Å²) >= 11 is 0. The van der Waals surface area contributed by atoms with E-state index in [0.29, 0.717) is 11.3 Å². The summed E-state index contributed by atoms with van der Waals surface area (Å²) in [4.78, 5) is 24.3. The molecule has 2 rings (SSSR count). The molecule has 138 valence electrons.